The molecule has 4 rings (SSSR count). The van der Waals surface area contributed by atoms with Crippen molar-refractivity contribution >= 4 is 28.5 Å². The molecule has 4 aromatic rings. The molecule has 0 unspecified atom stereocenters. The number of hydrogen-bond acceptors (Lipinski definition) is 6. The van der Waals surface area contributed by atoms with Crippen molar-refractivity contribution in [3.8, 4) is 17.3 Å². The number of pyridine rings is 1. The van der Waals surface area contributed by atoms with E-state index in [0.29, 0.717) is 28.6 Å². The maximum Gasteiger partial charge on any atom is 0.255 e. The number of nitrogens with two attached hydrogens (primary N) is 1. The number of para-hydroxylation sites is 2. The van der Waals surface area contributed by atoms with E-state index < -0.39 is 5.91 Å². The van der Waals surface area contributed by atoms with Gasteiger partial charge in [0, 0.05) is 5.56 Å². The van der Waals surface area contributed by atoms with Gasteiger partial charge in [-0.2, -0.15) is 0 Å². The van der Waals surface area contributed by atoms with Crippen LogP contribution in [0.2, 0.25) is 0 Å². The minimum atomic E-state index is -0.608. The first-order chi connectivity index (χ1) is 15.0. The molecule has 2 aromatic carbocycles. The Morgan fingerprint density at radius 1 is 1.06 bits per heavy atom. The Bertz CT molecular complexity index is 1250. The third-order valence-electron chi connectivity index (χ3n) is 4.50. The first-order valence-electron chi connectivity index (χ1n) is 9.34. The predicted molar refractivity (Wildman–Crippen MR) is 115 cm³/mol. The summed E-state index contributed by atoms with van der Waals surface area (Å²) in [7, 11) is 1.44. The summed E-state index contributed by atoms with van der Waals surface area (Å²) in [5, 5.41) is 2.79. The molecule has 0 spiro atoms. The lowest BCUT2D eigenvalue weighted by Crippen LogP contribution is -2.20. The highest BCUT2D eigenvalue weighted by Crippen LogP contribution is 2.28. The highest BCUT2D eigenvalue weighted by atomic mass is 16.5. The largest absolute Gasteiger partial charge is 0.493 e. The van der Waals surface area contributed by atoms with Crippen LogP contribution in [0.1, 0.15) is 10.4 Å². The number of benzene rings is 2. The van der Waals surface area contributed by atoms with E-state index >= 15 is 0 Å². The lowest BCUT2D eigenvalue weighted by atomic mass is 10.2. The Kier molecular flexibility index (Phi) is 5.48. The van der Waals surface area contributed by atoms with Crippen LogP contribution in [0, 0.1) is 0 Å². The van der Waals surface area contributed by atoms with Gasteiger partial charge in [0.05, 0.1) is 30.0 Å². The highest BCUT2D eigenvalue weighted by Gasteiger charge is 2.13. The summed E-state index contributed by atoms with van der Waals surface area (Å²) in [6, 6.07) is 15.9. The molecule has 0 saturated heterocycles. The number of hydrogen-bond donors (Lipinski definition) is 2. The van der Waals surface area contributed by atoms with E-state index in [0.717, 1.165) is 11.0 Å². The smallest absolute Gasteiger partial charge is 0.255 e. The molecule has 3 N–H and O–H groups in total. The third kappa shape index (κ3) is 4.30. The number of nitrogens with zero attached hydrogens (tertiary/aromatic N) is 3. The van der Waals surface area contributed by atoms with Crippen molar-refractivity contribution in [1.29, 1.82) is 0 Å². The van der Waals surface area contributed by atoms with Gasteiger partial charge in [0.25, 0.3) is 11.8 Å². The van der Waals surface area contributed by atoms with Gasteiger partial charge in [0.1, 0.15) is 12.1 Å². The molecule has 0 aliphatic heterocycles. The van der Waals surface area contributed by atoms with Crippen LogP contribution in [0.15, 0.2) is 67.1 Å². The average Bonchev–Trinajstić information content (AvgIpc) is 3.22. The number of aromatic nitrogens is 3. The first kappa shape index (κ1) is 19.9. The lowest BCUT2D eigenvalue weighted by Gasteiger charge is -2.11. The van der Waals surface area contributed by atoms with Crippen LogP contribution in [0.4, 0.5) is 5.69 Å². The SMILES string of the molecule is COc1cc(C(=O)Nc2ccc(-n3cnc4ccccc43)nc2)ccc1OCC(N)=O. The number of fused-ring (bicyclic) bond motifs is 1. The van der Waals surface area contributed by atoms with E-state index in [4.69, 9.17) is 15.2 Å². The van der Waals surface area contributed by atoms with Crippen molar-refractivity contribution in [2.45, 2.75) is 0 Å². The van der Waals surface area contributed by atoms with Gasteiger partial charge < -0.3 is 20.5 Å². The van der Waals surface area contributed by atoms with Gasteiger partial charge in [-0.15, -0.1) is 0 Å². The zero-order valence-corrected chi connectivity index (χ0v) is 16.6. The summed E-state index contributed by atoms with van der Waals surface area (Å²) in [5.74, 6) is 0.362. The highest BCUT2D eigenvalue weighted by molar-refractivity contribution is 6.04. The third-order valence-corrected chi connectivity index (χ3v) is 4.50. The molecule has 156 valence electrons. The van der Waals surface area contributed by atoms with Gasteiger partial charge >= 0.3 is 0 Å². The number of rotatable bonds is 7. The fourth-order valence-corrected chi connectivity index (χ4v) is 3.02. The summed E-state index contributed by atoms with van der Waals surface area (Å²) in [6.45, 7) is -0.286. The zero-order valence-electron chi connectivity index (χ0n) is 16.6. The number of primary amides is 1. The number of nitrogens with one attached hydrogen (secondary N) is 1. The summed E-state index contributed by atoms with van der Waals surface area (Å²) < 4.78 is 12.4. The van der Waals surface area contributed by atoms with Gasteiger partial charge in [-0.05, 0) is 42.5 Å². The molecule has 0 radical (unpaired) electrons. The summed E-state index contributed by atoms with van der Waals surface area (Å²) in [5.41, 5.74) is 7.79. The van der Waals surface area contributed by atoms with E-state index in [2.05, 4.69) is 15.3 Å². The predicted octanol–water partition coefficient (Wildman–Crippen LogP) is 2.55. The molecule has 0 atom stereocenters. The van der Waals surface area contributed by atoms with Crippen molar-refractivity contribution in [2.24, 2.45) is 5.73 Å². The van der Waals surface area contributed by atoms with E-state index in [9.17, 15) is 9.59 Å². The normalized spacial score (nSPS) is 10.6. The van der Waals surface area contributed by atoms with Crippen molar-refractivity contribution in [3.05, 3.63) is 72.7 Å². The van der Waals surface area contributed by atoms with Gasteiger partial charge in [-0.3, -0.25) is 14.2 Å². The van der Waals surface area contributed by atoms with E-state index in [1.54, 1.807) is 36.8 Å². The molecule has 0 aliphatic carbocycles. The molecule has 0 fully saturated rings. The number of anilines is 1. The lowest BCUT2D eigenvalue weighted by molar-refractivity contribution is -0.119. The fourth-order valence-electron chi connectivity index (χ4n) is 3.02. The Morgan fingerprint density at radius 2 is 1.90 bits per heavy atom. The van der Waals surface area contributed by atoms with Crippen molar-refractivity contribution < 1.29 is 19.1 Å². The van der Waals surface area contributed by atoms with Crippen molar-refractivity contribution in [1.82, 2.24) is 14.5 Å². The molecule has 31 heavy (non-hydrogen) atoms. The second-order valence-corrected chi connectivity index (χ2v) is 6.58. The second kappa shape index (κ2) is 8.54. The molecule has 2 heterocycles. The van der Waals surface area contributed by atoms with E-state index in [-0.39, 0.29) is 12.5 Å². The standard InChI is InChI=1S/C22H19N5O4/c1-30-19-10-14(6-8-18(19)31-12-20(23)28)22(29)26-15-7-9-21(24-11-15)27-13-25-16-4-2-3-5-17(16)27/h2-11,13H,12H2,1H3,(H2,23,28)(H,26,29). The van der Waals surface area contributed by atoms with E-state index in [1.807, 2.05) is 28.8 Å². The maximum atomic E-state index is 12.6. The second-order valence-electron chi connectivity index (χ2n) is 6.58. The van der Waals surface area contributed by atoms with Gasteiger partial charge in [-0.1, -0.05) is 12.1 Å². The molecule has 9 nitrogen and oxygen atoms in total. The topological polar surface area (TPSA) is 121 Å². The van der Waals surface area contributed by atoms with Crippen LogP contribution in [-0.2, 0) is 4.79 Å². The Labute approximate surface area is 177 Å². The van der Waals surface area contributed by atoms with Gasteiger partial charge in [-0.25, -0.2) is 9.97 Å². The summed E-state index contributed by atoms with van der Waals surface area (Å²) >= 11 is 0. The number of amides is 2. The Morgan fingerprint density at radius 3 is 2.65 bits per heavy atom. The fraction of sp³-hybridized carbons (Fsp3) is 0.0909. The van der Waals surface area contributed by atoms with Gasteiger partial charge in [0.2, 0.25) is 0 Å². The zero-order chi connectivity index (χ0) is 21.8. The number of methoxy groups -OCH3 is 1. The van der Waals surface area contributed by atoms with Gasteiger partial charge in [0.15, 0.2) is 18.1 Å². The molecule has 9 heteroatoms. The van der Waals surface area contributed by atoms with Crippen molar-refractivity contribution in [2.75, 3.05) is 19.0 Å². The first-order valence-corrected chi connectivity index (χ1v) is 9.34. The van der Waals surface area contributed by atoms with Crippen LogP contribution in [0.3, 0.4) is 0 Å². The molecule has 2 aromatic heterocycles. The minimum Gasteiger partial charge on any atom is -0.493 e. The maximum absolute atomic E-state index is 12.6. The monoisotopic (exact) mass is 417 g/mol. The van der Waals surface area contributed by atoms with Crippen LogP contribution < -0.4 is 20.5 Å². The van der Waals surface area contributed by atoms with Crippen LogP contribution in [-0.4, -0.2) is 40.1 Å². The quantitative estimate of drug-likeness (QED) is 0.477. The van der Waals surface area contributed by atoms with Crippen molar-refractivity contribution in [3.63, 3.8) is 0 Å². The van der Waals surface area contributed by atoms with Crippen LogP contribution in [0.25, 0.3) is 16.9 Å². The van der Waals surface area contributed by atoms with Crippen LogP contribution >= 0.6 is 0 Å². The minimum absolute atomic E-state index is 0.286. The Hall–Kier alpha value is -4.40. The number of imidazole rings is 1. The number of carbonyl (C=O) groups is 2. The Balaban J connectivity index is 1.49. The molecule has 0 saturated carbocycles. The molecular weight excluding hydrogens is 398 g/mol. The molecule has 2 amide bonds. The molecular formula is C22H19N5O4. The molecule has 0 bridgehead atoms. The number of ether oxygens (including phenoxy) is 2. The summed E-state index contributed by atoms with van der Waals surface area (Å²) in [6.07, 6.45) is 3.28. The summed E-state index contributed by atoms with van der Waals surface area (Å²) in [4.78, 5) is 32.3. The average molecular weight is 417 g/mol. The molecule has 0 aliphatic rings. The van der Waals surface area contributed by atoms with E-state index in [1.165, 1.54) is 13.2 Å². The number of carbonyl (C=O) groups excluding carboxylic acids is 2. The van der Waals surface area contributed by atoms with Crippen LogP contribution in [0.5, 0.6) is 11.5 Å².